The number of thioether (sulfide) groups is 1. The Labute approximate surface area is 76.9 Å². The lowest BCUT2D eigenvalue weighted by atomic mass is 10.2. The van der Waals surface area contributed by atoms with Crippen LogP contribution in [-0.4, -0.2) is 30.4 Å². The molecule has 0 aliphatic carbocycles. The van der Waals surface area contributed by atoms with Crippen molar-refractivity contribution in [1.82, 2.24) is 0 Å². The van der Waals surface area contributed by atoms with Crippen molar-refractivity contribution in [3.63, 3.8) is 0 Å². The predicted molar refractivity (Wildman–Crippen MR) is 49.3 cm³/mol. The summed E-state index contributed by atoms with van der Waals surface area (Å²) < 4.78 is 4.77. The van der Waals surface area contributed by atoms with E-state index in [-0.39, 0.29) is 12.2 Å². The van der Waals surface area contributed by atoms with Crippen molar-refractivity contribution in [2.75, 3.05) is 18.6 Å². The van der Waals surface area contributed by atoms with Crippen LogP contribution in [0, 0.1) is 0 Å². The highest BCUT2D eigenvalue weighted by Gasteiger charge is 2.07. The Kier molecular flexibility index (Phi) is 6.85. The molecule has 0 aromatic rings. The van der Waals surface area contributed by atoms with E-state index < -0.39 is 5.97 Å². The number of ketones is 1. The summed E-state index contributed by atoms with van der Waals surface area (Å²) in [5.74, 6) is 0.312. The van der Waals surface area contributed by atoms with E-state index in [9.17, 15) is 9.59 Å². The molecular weight excluding hydrogens is 176 g/mol. The molecule has 0 atom stereocenters. The van der Waals surface area contributed by atoms with Crippen LogP contribution in [0.2, 0.25) is 0 Å². The maximum atomic E-state index is 10.8. The van der Waals surface area contributed by atoms with Crippen LogP contribution in [0.5, 0.6) is 0 Å². The Morgan fingerprint density at radius 2 is 2.08 bits per heavy atom. The fourth-order valence-corrected chi connectivity index (χ4v) is 0.826. The number of carbonyl (C=O) groups excluding carboxylic acids is 2. The van der Waals surface area contributed by atoms with Gasteiger partial charge in [-0.3, -0.25) is 9.59 Å². The number of rotatable bonds is 6. The zero-order chi connectivity index (χ0) is 9.40. The Balaban J connectivity index is 3.40. The number of carbonyl (C=O) groups is 2. The topological polar surface area (TPSA) is 43.4 Å². The highest BCUT2D eigenvalue weighted by molar-refractivity contribution is 7.98. The Bertz CT molecular complexity index is 156. The standard InChI is InChI=1S/C8H14O3S/c1-3-7(9)6-8(10)11-4-5-12-2/h3-6H2,1-2H3. The summed E-state index contributed by atoms with van der Waals surface area (Å²) in [5, 5.41) is 0. The van der Waals surface area contributed by atoms with Gasteiger partial charge in [-0.25, -0.2) is 0 Å². The summed E-state index contributed by atoms with van der Waals surface area (Å²) >= 11 is 1.61. The van der Waals surface area contributed by atoms with Crippen molar-refractivity contribution in [3.05, 3.63) is 0 Å². The minimum absolute atomic E-state index is 0.0656. The van der Waals surface area contributed by atoms with Crippen molar-refractivity contribution < 1.29 is 14.3 Å². The molecule has 70 valence electrons. The molecule has 0 aliphatic rings. The fraction of sp³-hybridized carbons (Fsp3) is 0.750. The molecule has 12 heavy (non-hydrogen) atoms. The quantitative estimate of drug-likeness (QED) is 0.359. The first-order valence-corrected chi connectivity index (χ1v) is 5.26. The minimum Gasteiger partial charge on any atom is -0.464 e. The third-order valence-corrected chi connectivity index (χ3v) is 1.86. The lowest BCUT2D eigenvalue weighted by molar-refractivity contribution is -0.145. The largest absolute Gasteiger partial charge is 0.464 e. The van der Waals surface area contributed by atoms with Crippen LogP contribution in [0.25, 0.3) is 0 Å². The second kappa shape index (κ2) is 7.16. The van der Waals surface area contributed by atoms with Crippen LogP contribution in [0.15, 0.2) is 0 Å². The summed E-state index contributed by atoms with van der Waals surface area (Å²) in [5.41, 5.74) is 0. The first-order valence-electron chi connectivity index (χ1n) is 3.87. The van der Waals surface area contributed by atoms with E-state index in [4.69, 9.17) is 4.74 Å². The van der Waals surface area contributed by atoms with Gasteiger partial charge < -0.3 is 4.74 Å². The molecule has 0 unspecified atom stereocenters. The minimum atomic E-state index is -0.407. The summed E-state index contributed by atoms with van der Waals surface area (Å²) in [4.78, 5) is 21.6. The van der Waals surface area contributed by atoms with Crippen molar-refractivity contribution in [2.24, 2.45) is 0 Å². The monoisotopic (exact) mass is 190 g/mol. The zero-order valence-corrected chi connectivity index (χ0v) is 8.28. The Morgan fingerprint density at radius 1 is 1.42 bits per heavy atom. The van der Waals surface area contributed by atoms with Gasteiger partial charge in [0.15, 0.2) is 0 Å². The Hall–Kier alpha value is -0.510. The molecule has 0 radical (unpaired) electrons. The van der Waals surface area contributed by atoms with Gasteiger partial charge >= 0.3 is 5.97 Å². The highest BCUT2D eigenvalue weighted by atomic mass is 32.2. The molecule has 0 bridgehead atoms. The molecule has 0 aliphatic heterocycles. The van der Waals surface area contributed by atoms with Gasteiger partial charge in [0.05, 0.1) is 0 Å². The van der Waals surface area contributed by atoms with Crippen LogP contribution in [-0.2, 0) is 14.3 Å². The maximum absolute atomic E-state index is 10.8. The van der Waals surface area contributed by atoms with Gasteiger partial charge in [0, 0.05) is 12.2 Å². The average molecular weight is 190 g/mol. The van der Waals surface area contributed by atoms with Crippen molar-refractivity contribution in [3.8, 4) is 0 Å². The van der Waals surface area contributed by atoms with Gasteiger partial charge in [-0.15, -0.1) is 0 Å². The summed E-state index contributed by atoms with van der Waals surface area (Å²) in [6.45, 7) is 2.13. The van der Waals surface area contributed by atoms with Gasteiger partial charge in [-0.2, -0.15) is 11.8 Å². The number of esters is 1. The summed E-state index contributed by atoms with van der Waals surface area (Å²) in [6, 6.07) is 0. The number of ether oxygens (including phenoxy) is 1. The summed E-state index contributed by atoms with van der Waals surface area (Å²) in [6.07, 6.45) is 2.26. The summed E-state index contributed by atoms with van der Waals surface area (Å²) in [7, 11) is 0. The molecule has 0 saturated carbocycles. The van der Waals surface area contributed by atoms with Crippen LogP contribution in [0.4, 0.5) is 0 Å². The lowest BCUT2D eigenvalue weighted by Gasteiger charge is -2.01. The third kappa shape index (κ3) is 6.22. The van der Waals surface area contributed by atoms with E-state index in [1.54, 1.807) is 18.7 Å². The third-order valence-electron chi connectivity index (χ3n) is 1.29. The van der Waals surface area contributed by atoms with Gasteiger partial charge in [-0.1, -0.05) is 6.92 Å². The normalized spacial score (nSPS) is 9.50. The van der Waals surface area contributed by atoms with E-state index in [1.807, 2.05) is 6.26 Å². The number of hydrogen-bond donors (Lipinski definition) is 0. The van der Waals surface area contributed by atoms with E-state index in [0.717, 1.165) is 5.75 Å². The second-order valence-corrected chi connectivity index (χ2v) is 3.27. The molecule has 0 aromatic heterocycles. The smallest absolute Gasteiger partial charge is 0.313 e. The van der Waals surface area contributed by atoms with Crippen LogP contribution in [0.3, 0.4) is 0 Å². The van der Waals surface area contributed by atoms with Crippen molar-refractivity contribution >= 4 is 23.5 Å². The highest BCUT2D eigenvalue weighted by Crippen LogP contribution is 1.95. The van der Waals surface area contributed by atoms with Crippen molar-refractivity contribution in [1.29, 1.82) is 0 Å². The SMILES string of the molecule is CCC(=O)CC(=O)OCCSC. The average Bonchev–Trinajstić information content (AvgIpc) is 2.05. The molecule has 0 heterocycles. The molecule has 0 saturated heterocycles. The molecule has 0 rings (SSSR count). The Morgan fingerprint density at radius 3 is 2.58 bits per heavy atom. The van der Waals surface area contributed by atoms with Crippen LogP contribution < -0.4 is 0 Å². The number of Topliss-reactive ketones (excluding diaryl/α,β-unsaturated/α-hetero) is 1. The molecule has 4 heteroatoms. The first kappa shape index (κ1) is 11.5. The molecule has 0 fully saturated rings. The molecule has 0 spiro atoms. The fourth-order valence-electron chi connectivity index (χ4n) is 0.576. The lowest BCUT2D eigenvalue weighted by Crippen LogP contribution is -2.12. The van der Waals surface area contributed by atoms with E-state index >= 15 is 0 Å². The molecule has 3 nitrogen and oxygen atoms in total. The van der Waals surface area contributed by atoms with Gasteiger partial charge in [0.1, 0.15) is 18.8 Å². The van der Waals surface area contributed by atoms with E-state index in [0.29, 0.717) is 13.0 Å². The molecule has 0 N–H and O–H groups in total. The molecule has 0 aromatic carbocycles. The van der Waals surface area contributed by atoms with E-state index in [2.05, 4.69) is 0 Å². The predicted octanol–water partition coefficient (Wildman–Crippen LogP) is 1.26. The van der Waals surface area contributed by atoms with Crippen LogP contribution >= 0.6 is 11.8 Å². The van der Waals surface area contributed by atoms with E-state index in [1.165, 1.54) is 0 Å². The number of hydrogen-bond acceptors (Lipinski definition) is 4. The first-order chi connectivity index (χ1) is 5.70. The molecule has 0 amide bonds. The zero-order valence-electron chi connectivity index (χ0n) is 7.46. The van der Waals surface area contributed by atoms with Gasteiger partial charge in [-0.05, 0) is 6.26 Å². The van der Waals surface area contributed by atoms with Gasteiger partial charge in [0.25, 0.3) is 0 Å². The maximum Gasteiger partial charge on any atom is 0.313 e. The van der Waals surface area contributed by atoms with Crippen LogP contribution in [0.1, 0.15) is 19.8 Å². The van der Waals surface area contributed by atoms with Gasteiger partial charge in [0.2, 0.25) is 0 Å². The molecular formula is C8H14O3S. The second-order valence-electron chi connectivity index (χ2n) is 2.28. The van der Waals surface area contributed by atoms with Crippen molar-refractivity contribution in [2.45, 2.75) is 19.8 Å².